The minimum atomic E-state index is -0.494. The first-order valence-electron chi connectivity index (χ1n) is 10.5. The molecule has 0 saturated heterocycles. The molecule has 0 radical (unpaired) electrons. The lowest BCUT2D eigenvalue weighted by Crippen LogP contribution is -2.39. The van der Waals surface area contributed by atoms with Crippen molar-refractivity contribution in [1.29, 1.82) is 5.26 Å². The fraction of sp³-hybridized carbons (Fsp3) is 0.400. The molecule has 1 aromatic carbocycles. The molecule has 0 spiro atoms. The van der Waals surface area contributed by atoms with E-state index in [9.17, 15) is 4.79 Å². The third-order valence-corrected chi connectivity index (χ3v) is 4.96. The van der Waals surface area contributed by atoms with Crippen molar-refractivity contribution in [3.8, 4) is 6.07 Å². The summed E-state index contributed by atoms with van der Waals surface area (Å²) in [4.78, 5) is 18.5. The van der Waals surface area contributed by atoms with Crippen molar-refractivity contribution in [3.63, 3.8) is 0 Å². The third kappa shape index (κ3) is 5.70. The fourth-order valence-electron chi connectivity index (χ4n) is 3.51. The van der Waals surface area contributed by atoms with Crippen LogP contribution >= 0.6 is 0 Å². The number of fused-ring (bicyclic) bond motifs is 1. The number of hydrogen-bond donors (Lipinski definition) is 0. The number of rotatable bonds is 5. The molecule has 1 amide bonds. The molecule has 2 aromatic rings. The Morgan fingerprint density at radius 1 is 1.33 bits per heavy atom. The van der Waals surface area contributed by atoms with E-state index in [2.05, 4.69) is 41.4 Å². The number of pyridine rings is 1. The Morgan fingerprint density at radius 3 is 2.87 bits per heavy atom. The summed E-state index contributed by atoms with van der Waals surface area (Å²) in [5.41, 5.74) is 4.03. The monoisotopic (exact) mass is 403 g/mol. The van der Waals surface area contributed by atoms with Gasteiger partial charge in [0.25, 0.3) is 0 Å². The average Bonchev–Trinajstić information content (AvgIpc) is 2.72. The molecular formula is C25H29N3O2. The number of carbonyl (C=O) groups is 1. The van der Waals surface area contributed by atoms with Crippen LogP contribution in [0.3, 0.4) is 0 Å². The number of nitrogens with zero attached hydrogens (tertiary/aromatic N) is 3. The van der Waals surface area contributed by atoms with Crippen LogP contribution in [0.1, 0.15) is 52.0 Å². The van der Waals surface area contributed by atoms with E-state index in [-0.39, 0.29) is 6.09 Å². The van der Waals surface area contributed by atoms with Gasteiger partial charge >= 0.3 is 6.09 Å². The molecule has 0 bridgehead atoms. The van der Waals surface area contributed by atoms with Gasteiger partial charge in [0.2, 0.25) is 0 Å². The molecule has 1 aliphatic heterocycles. The second-order valence-corrected chi connectivity index (χ2v) is 8.48. The van der Waals surface area contributed by atoms with Gasteiger partial charge in [0.15, 0.2) is 0 Å². The van der Waals surface area contributed by atoms with E-state index in [1.165, 1.54) is 11.1 Å². The summed E-state index contributed by atoms with van der Waals surface area (Å²) in [6.07, 6.45) is 8.89. The second-order valence-electron chi connectivity index (χ2n) is 8.48. The van der Waals surface area contributed by atoms with Gasteiger partial charge < -0.3 is 9.64 Å². The predicted octanol–water partition coefficient (Wildman–Crippen LogP) is 5.88. The van der Waals surface area contributed by atoms with Crippen LogP contribution in [-0.2, 0) is 4.74 Å². The minimum Gasteiger partial charge on any atom is -0.444 e. The van der Waals surface area contributed by atoms with Crippen molar-refractivity contribution in [1.82, 2.24) is 9.88 Å². The number of aromatic nitrogens is 1. The van der Waals surface area contributed by atoms with Gasteiger partial charge in [-0.25, -0.2) is 4.79 Å². The van der Waals surface area contributed by atoms with Crippen molar-refractivity contribution in [2.45, 2.75) is 52.1 Å². The molecule has 0 fully saturated rings. The summed E-state index contributed by atoms with van der Waals surface area (Å²) >= 11 is 0. The molecule has 5 nitrogen and oxygen atoms in total. The largest absolute Gasteiger partial charge is 0.444 e. The maximum atomic E-state index is 12.4. The Morgan fingerprint density at radius 2 is 2.17 bits per heavy atom. The highest BCUT2D eigenvalue weighted by Crippen LogP contribution is 2.31. The maximum Gasteiger partial charge on any atom is 0.410 e. The van der Waals surface area contributed by atoms with Crippen LogP contribution < -0.4 is 0 Å². The second kappa shape index (κ2) is 9.58. The molecule has 0 N–H and O–H groups in total. The van der Waals surface area contributed by atoms with E-state index in [1.807, 2.05) is 32.9 Å². The lowest BCUT2D eigenvalue weighted by molar-refractivity contribution is 0.0267. The van der Waals surface area contributed by atoms with Gasteiger partial charge in [-0.1, -0.05) is 24.3 Å². The molecule has 0 atom stereocenters. The average molecular weight is 404 g/mol. The van der Waals surface area contributed by atoms with Gasteiger partial charge in [-0.3, -0.25) is 4.98 Å². The van der Waals surface area contributed by atoms with Crippen LogP contribution in [0.15, 0.2) is 54.3 Å². The first kappa shape index (κ1) is 21.6. The molecule has 1 aromatic heterocycles. The van der Waals surface area contributed by atoms with Crippen molar-refractivity contribution < 1.29 is 9.53 Å². The smallest absolute Gasteiger partial charge is 0.410 e. The van der Waals surface area contributed by atoms with Gasteiger partial charge in [0.1, 0.15) is 5.60 Å². The van der Waals surface area contributed by atoms with E-state index >= 15 is 0 Å². The summed E-state index contributed by atoms with van der Waals surface area (Å²) in [5, 5.41) is 9.94. The summed E-state index contributed by atoms with van der Waals surface area (Å²) in [6, 6.07) is 12.5. The zero-order valence-electron chi connectivity index (χ0n) is 18.0. The highest BCUT2D eigenvalue weighted by atomic mass is 16.6. The number of allylic oxidation sites excluding steroid dienone is 2. The molecule has 5 heteroatoms. The predicted molar refractivity (Wildman–Crippen MR) is 120 cm³/mol. The summed E-state index contributed by atoms with van der Waals surface area (Å²) in [6.45, 7) is 6.81. The van der Waals surface area contributed by atoms with Gasteiger partial charge in [-0.05, 0) is 74.9 Å². The molecule has 3 rings (SSSR count). The fourth-order valence-corrected chi connectivity index (χ4v) is 3.51. The van der Waals surface area contributed by atoms with Gasteiger partial charge in [0, 0.05) is 31.1 Å². The lowest BCUT2D eigenvalue weighted by atomic mass is 9.91. The molecule has 0 aliphatic carbocycles. The van der Waals surface area contributed by atoms with Crippen LogP contribution in [0.2, 0.25) is 0 Å². The highest BCUT2D eigenvalue weighted by Gasteiger charge is 2.24. The van der Waals surface area contributed by atoms with Gasteiger partial charge in [0.05, 0.1) is 11.6 Å². The van der Waals surface area contributed by atoms with Gasteiger partial charge in [-0.2, -0.15) is 5.26 Å². The van der Waals surface area contributed by atoms with Crippen LogP contribution in [0.25, 0.3) is 16.5 Å². The van der Waals surface area contributed by atoms with Crippen LogP contribution in [-0.4, -0.2) is 34.7 Å². The first-order valence-corrected chi connectivity index (χ1v) is 10.5. The standard InChI is InChI=1S/C25H29N3O2/c1-25(2,3)30-24(29)28-16-12-19(13-17-28)22(9-5-4-6-14-26)20-10-11-23-21(18-20)8-7-15-27-23/h7-12,15,18H,4-6,13,16-17H2,1-3H3/b22-9-. The van der Waals surface area contributed by atoms with Crippen molar-refractivity contribution >= 4 is 22.6 Å². The van der Waals surface area contributed by atoms with E-state index < -0.39 is 5.60 Å². The maximum absolute atomic E-state index is 12.4. The Hall–Kier alpha value is -3.13. The quantitative estimate of drug-likeness (QED) is 0.585. The van der Waals surface area contributed by atoms with Crippen molar-refractivity contribution in [2.75, 3.05) is 13.1 Å². The molecule has 156 valence electrons. The van der Waals surface area contributed by atoms with E-state index in [1.54, 1.807) is 11.1 Å². The van der Waals surface area contributed by atoms with Crippen LogP contribution in [0, 0.1) is 11.3 Å². The van der Waals surface area contributed by atoms with Crippen molar-refractivity contribution in [3.05, 3.63) is 59.8 Å². The summed E-state index contributed by atoms with van der Waals surface area (Å²) in [7, 11) is 0. The third-order valence-electron chi connectivity index (χ3n) is 4.96. The molecule has 0 saturated carbocycles. The molecule has 1 aliphatic rings. The lowest BCUT2D eigenvalue weighted by Gasteiger charge is -2.30. The highest BCUT2D eigenvalue weighted by molar-refractivity contribution is 5.87. The van der Waals surface area contributed by atoms with Crippen LogP contribution in [0.5, 0.6) is 0 Å². The molecule has 30 heavy (non-hydrogen) atoms. The number of hydrogen-bond acceptors (Lipinski definition) is 4. The molecule has 2 heterocycles. The number of ether oxygens (including phenoxy) is 1. The number of benzene rings is 1. The summed E-state index contributed by atoms with van der Waals surface area (Å²) in [5.74, 6) is 0. The SMILES string of the molecule is CC(C)(C)OC(=O)N1CC=C(/C(=C/CCCC#N)c2ccc3ncccc3c2)CC1. The zero-order chi connectivity index (χ0) is 21.6. The number of unbranched alkanes of at least 4 members (excludes halogenated alkanes) is 2. The number of carbonyl (C=O) groups excluding carboxylic acids is 1. The molecular weight excluding hydrogens is 374 g/mol. The Kier molecular flexibility index (Phi) is 6.89. The molecule has 0 unspecified atom stereocenters. The van der Waals surface area contributed by atoms with Gasteiger partial charge in [-0.15, -0.1) is 0 Å². The topological polar surface area (TPSA) is 66.2 Å². The van der Waals surface area contributed by atoms with E-state index in [0.29, 0.717) is 19.5 Å². The first-order chi connectivity index (χ1) is 14.4. The summed E-state index contributed by atoms with van der Waals surface area (Å²) < 4.78 is 5.50. The van der Waals surface area contributed by atoms with Crippen LogP contribution in [0.4, 0.5) is 4.79 Å². The normalized spacial score (nSPS) is 14.9. The Bertz CT molecular complexity index is 1010. The number of nitriles is 1. The Balaban J connectivity index is 1.84. The zero-order valence-corrected chi connectivity index (χ0v) is 18.0. The number of amides is 1. The minimum absolute atomic E-state index is 0.269. The van der Waals surface area contributed by atoms with E-state index in [0.717, 1.165) is 35.7 Å². The Labute approximate surface area is 178 Å². The van der Waals surface area contributed by atoms with E-state index in [4.69, 9.17) is 10.00 Å². The van der Waals surface area contributed by atoms with Crippen molar-refractivity contribution in [2.24, 2.45) is 0 Å².